The number of aromatic amines is 1. The fraction of sp³-hybridized carbons (Fsp3) is 0.848. The number of carbonyl (C=O) groups is 1. The first-order valence-corrected chi connectivity index (χ1v) is 16.2. The van der Waals surface area contributed by atoms with Crippen molar-refractivity contribution < 1.29 is 25.2 Å². The molecule has 1 spiro atoms. The smallest absolute Gasteiger partial charge is 0.309 e. The van der Waals surface area contributed by atoms with Gasteiger partial charge in [0.1, 0.15) is 0 Å². The zero-order valence-corrected chi connectivity index (χ0v) is 24.6. The van der Waals surface area contributed by atoms with Gasteiger partial charge in [-0.1, -0.05) is 77.6 Å². The van der Waals surface area contributed by atoms with Gasteiger partial charge in [-0.05, 0) is 87.2 Å². The van der Waals surface area contributed by atoms with Crippen LogP contribution < -0.4 is 0 Å². The molecular formula is C33H57NO5. The normalized spacial score (nSPS) is 24.8. The second kappa shape index (κ2) is 16.2. The van der Waals surface area contributed by atoms with Gasteiger partial charge in [0, 0.05) is 12.4 Å². The lowest BCUT2D eigenvalue weighted by Gasteiger charge is -2.31. The predicted octanol–water partition coefficient (Wildman–Crippen LogP) is 7.16. The Morgan fingerprint density at radius 3 is 2.21 bits per heavy atom. The fourth-order valence-electron chi connectivity index (χ4n) is 7.78. The maximum atomic E-state index is 12.0. The first-order chi connectivity index (χ1) is 18.8. The number of H-pyrrole nitrogens is 1. The van der Waals surface area contributed by atoms with Gasteiger partial charge in [0.2, 0.25) is 0 Å². The highest BCUT2D eigenvalue weighted by Crippen LogP contribution is 2.59. The SMILES string of the molecule is CCCCCCC[C@H](O)CCCCCC[C@H](C(=O)O)[C@H](O)CC[C@@]1(O)C[C@@H](Cc2cc[nH]c2)C2(CCCC2)C1. The van der Waals surface area contributed by atoms with Crippen molar-refractivity contribution in [1.29, 1.82) is 0 Å². The molecule has 6 heteroatoms. The summed E-state index contributed by atoms with van der Waals surface area (Å²) in [5.74, 6) is -1.27. The zero-order valence-electron chi connectivity index (χ0n) is 24.6. The highest BCUT2D eigenvalue weighted by atomic mass is 16.4. The van der Waals surface area contributed by atoms with Crippen LogP contribution in [-0.2, 0) is 11.2 Å². The van der Waals surface area contributed by atoms with Gasteiger partial charge in [-0.3, -0.25) is 4.79 Å². The molecule has 1 aromatic heterocycles. The van der Waals surface area contributed by atoms with Crippen molar-refractivity contribution in [3.05, 3.63) is 24.0 Å². The van der Waals surface area contributed by atoms with Gasteiger partial charge in [-0.25, -0.2) is 0 Å². The van der Waals surface area contributed by atoms with E-state index in [0.29, 0.717) is 25.2 Å². The monoisotopic (exact) mass is 547 g/mol. The zero-order chi connectivity index (χ0) is 28.1. The second-order valence-corrected chi connectivity index (χ2v) is 13.2. The van der Waals surface area contributed by atoms with Crippen molar-refractivity contribution in [3.8, 4) is 0 Å². The third-order valence-corrected chi connectivity index (χ3v) is 10.0. The van der Waals surface area contributed by atoms with Crippen LogP contribution in [-0.4, -0.2) is 49.2 Å². The molecule has 0 amide bonds. The lowest BCUT2D eigenvalue weighted by molar-refractivity contribution is -0.146. The summed E-state index contributed by atoms with van der Waals surface area (Å²) in [5, 5.41) is 42.5. The largest absolute Gasteiger partial charge is 0.481 e. The van der Waals surface area contributed by atoms with Crippen molar-refractivity contribution in [2.45, 2.75) is 160 Å². The molecule has 0 saturated heterocycles. The second-order valence-electron chi connectivity index (χ2n) is 13.2. The first kappa shape index (κ1) is 32.1. The quantitative estimate of drug-likeness (QED) is 0.111. The molecular weight excluding hydrogens is 490 g/mol. The van der Waals surface area contributed by atoms with E-state index in [2.05, 4.69) is 24.2 Å². The molecule has 224 valence electrons. The number of aliphatic carboxylic acids is 1. The lowest BCUT2D eigenvalue weighted by atomic mass is 9.74. The molecule has 39 heavy (non-hydrogen) atoms. The lowest BCUT2D eigenvalue weighted by Crippen LogP contribution is -2.33. The van der Waals surface area contributed by atoms with E-state index in [1.165, 1.54) is 56.9 Å². The summed E-state index contributed by atoms with van der Waals surface area (Å²) in [6, 6.07) is 2.12. The predicted molar refractivity (Wildman–Crippen MR) is 157 cm³/mol. The number of aliphatic hydroxyl groups is 3. The Kier molecular flexibility index (Phi) is 13.3. The Labute approximate surface area is 237 Å². The topological polar surface area (TPSA) is 114 Å². The van der Waals surface area contributed by atoms with E-state index in [-0.39, 0.29) is 11.5 Å². The minimum absolute atomic E-state index is 0.186. The number of unbranched alkanes of at least 4 members (excludes halogenated alkanes) is 7. The van der Waals surface area contributed by atoms with E-state index in [1.807, 2.05) is 6.20 Å². The average molecular weight is 548 g/mol. The molecule has 5 N–H and O–H groups in total. The molecule has 0 unspecified atom stereocenters. The summed E-state index contributed by atoms with van der Waals surface area (Å²) in [6.45, 7) is 2.21. The third kappa shape index (κ3) is 10.2. The number of hydrogen-bond donors (Lipinski definition) is 5. The van der Waals surface area contributed by atoms with Crippen LogP contribution in [0.1, 0.15) is 141 Å². The van der Waals surface area contributed by atoms with Crippen LogP contribution in [0.15, 0.2) is 18.5 Å². The number of nitrogens with one attached hydrogen (secondary N) is 1. The van der Waals surface area contributed by atoms with Crippen molar-refractivity contribution in [2.75, 3.05) is 0 Å². The van der Waals surface area contributed by atoms with Gasteiger partial charge in [0.05, 0.1) is 23.7 Å². The van der Waals surface area contributed by atoms with Crippen LogP contribution in [0.2, 0.25) is 0 Å². The standard InChI is InChI=1S/C33H57NO5/c1-2-3-4-5-8-13-28(35)14-9-6-7-10-15-29(31(37)38)30(36)16-20-33(39)23-27(22-26-17-21-34-24-26)32(25-33)18-11-12-19-32/h17,21,24,27-30,34-36,39H,2-16,18-20,22-23,25H2,1H3,(H,37,38)/t27-,28+,29+,30-,33-/m1/s1. The third-order valence-electron chi connectivity index (χ3n) is 10.0. The van der Waals surface area contributed by atoms with E-state index in [0.717, 1.165) is 64.2 Å². The Bertz CT molecular complexity index is 805. The molecule has 0 aromatic carbocycles. The number of carboxylic acids is 1. The molecule has 0 aliphatic heterocycles. The van der Waals surface area contributed by atoms with Gasteiger partial charge < -0.3 is 25.4 Å². The van der Waals surface area contributed by atoms with Gasteiger partial charge in [0.25, 0.3) is 0 Å². The number of aliphatic hydroxyl groups excluding tert-OH is 2. The minimum Gasteiger partial charge on any atom is -0.481 e. The fourth-order valence-corrected chi connectivity index (χ4v) is 7.78. The highest BCUT2D eigenvalue weighted by molar-refractivity contribution is 5.70. The molecule has 1 aromatic rings. The minimum atomic E-state index is -0.933. The number of carboxylic acid groups (broad SMARTS) is 1. The van der Waals surface area contributed by atoms with Gasteiger partial charge in [-0.15, -0.1) is 0 Å². The Morgan fingerprint density at radius 2 is 1.62 bits per heavy atom. The summed E-state index contributed by atoms with van der Waals surface area (Å²) in [7, 11) is 0. The van der Waals surface area contributed by atoms with Gasteiger partial charge in [-0.2, -0.15) is 0 Å². The maximum Gasteiger partial charge on any atom is 0.309 e. The maximum absolute atomic E-state index is 12.0. The van der Waals surface area contributed by atoms with E-state index < -0.39 is 23.6 Å². The van der Waals surface area contributed by atoms with E-state index in [9.17, 15) is 25.2 Å². The van der Waals surface area contributed by atoms with Crippen molar-refractivity contribution in [2.24, 2.45) is 17.3 Å². The molecule has 2 fully saturated rings. The van der Waals surface area contributed by atoms with E-state index in [4.69, 9.17) is 0 Å². The van der Waals surface area contributed by atoms with Crippen LogP contribution >= 0.6 is 0 Å². The molecule has 5 atom stereocenters. The molecule has 2 aliphatic rings. The number of hydrogen-bond acceptors (Lipinski definition) is 4. The first-order valence-electron chi connectivity index (χ1n) is 16.2. The number of aromatic nitrogens is 1. The Morgan fingerprint density at radius 1 is 0.974 bits per heavy atom. The number of rotatable bonds is 20. The Balaban J connectivity index is 1.36. The summed E-state index contributed by atoms with van der Waals surface area (Å²) < 4.78 is 0. The molecule has 2 saturated carbocycles. The molecule has 2 aliphatic carbocycles. The molecule has 3 rings (SSSR count). The Hall–Kier alpha value is -1.37. The van der Waals surface area contributed by atoms with Gasteiger partial charge in [0.15, 0.2) is 0 Å². The van der Waals surface area contributed by atoms with Crippen LogP contribution in [0.3, 0.4) is 0 Å². The summed E-state index contributed by atoms with van der Waals surface area (Å²) in [6.07, 6.45) is 22.9. The van der Waals surface area contributed by atoms with Gasteiger partial charge >= 0.3 is 5.97 Å². The summed E-state index contributed by atoms with van der Waals surface area (Å²) >= 11 is 0. The molecule has 6 nitrogen and oxygen atoms in total. The molecule has 1 heterocycles. The van der Waals surface area contributed by atoms with E-state index >= 15 is 0 Å². The van der Waals surface area contributed by atoms with Crippen molar-refractivity contribution in [1.82, 2.24) is 4.98 Å². The van der Waals surface area contributed by atoms with Crippen molar-refractivity contribution >= 4 is 5.97 Å². The molecule has 0 bridgehead atoms. The summed E-state index contributed by atoms with van der Waals surface area (Å²) in [5.41, 5.74) is 0.663. The molecule has 0 radical (unpaired) electrons. The van der Waals surface area contributed by atoms with Crippen LogP contribution in [0.5, 0.6) is 0 Å². The van der Waals surface area contributed by atoms with E-state index in [1.54, 1.807) is 0 Å². The average Bonchev–Trinajstić information content (AvgIpc) is 3.64. The van der Waals surface area contributed by atoms with Crippen LogP contribution in [0.4, 0.5) is 0 Å². The van der Waals surface area contributed by atoms with Crippen LogP contribution in [0, 0.1) is 17.3 Å². The summed E-state index contributed by atoms with van der Waals surface area (Å²) in [4.78, 5) is 15.1. The van der Waals surface area contributed by atoms with Crippen LogP contribution in [0.25, 0.3) is 0 Å². The highest BCUT2D eigenvalue weighted by Gasteiger charge is 2.54. The van der Waals surface area contributed by atoms with Crippen molar-refractivity contribution in [3.63, 3.8) is 0 Å².